The van der Waals surface area contributed by atoms with Crippen LogP contribution in [-0.4, -0.2) is 55.8 Å². The topological polar surface area (TPSA) is 104 Å². The van der Waals surface area contributed by atoms with Gasteiger partial charge in [-0.25, -0.2) is 8.42 Å². The van der Waals surface area contributed by atoms with Gasteiger partial charge in [-0.15, -0.1) is 0 Å². The third-order valence-electron chi connectivity index (χ3n) is 5.64. The van der Waals surface area contributed by atoms with Crippen molar-refractivity contribution in [3.63, 3.8) is 0 Å². The SMILES string of the molecule is CC[C@H](C(=O)NC(C)C)N(Cc1ccccc1C)C(=O)CN(c1cccc(C(C)=O)c1)S(C)(=O)=O. The van der Waals surface area contributed by atoms with Crippen LogP contribution in [0.3, 0.4) is 0 Å². The molecule has 0 radical (unpaired) electrons. The molecule has 0 aromatic heterocycles. The smallest absolute Gasteiger partial charge is 0.244 e. The zero-order valence-electron chi connectivity index (χ0n) is 21.2. The van der Waals surface area contributed by atoms with Crippen LogP contribution >= 0.6 is 0 Å². The van der Waals surface area contributed by atoms with Gasteiger partial charge in [-0.3, -0.25) is 18.7 Å². The maximum atomic E-state index is 13.7. The molecule has 1 atom stereocenters. The molecular formula is C26H35N3O5S. The summed E-state index contributed by atoms with van der Waals surface area (Å²) in [7, 11) is -3.87. The molecule has 2 rings (SSSR count). The Balaban J connectivity index is 2.49. The number of amides is 2. The summed E-state index contributed by atoms with van der Waals surface area (Å²) >= 11 is 0. The molecule has 0 fully saturated rings. The van der Waals surface area contributed by atoms with Gasteiger partial charge in [0, 0.05) is 18.2 Å². The van der Waals surface area contributed by atoms with E-state index in [0.717, 1.165) is 21.7 Å². The lowest BCUT2D eigenvalue weighted by atomic mass is 10.1. The summed E-state index contributed by atoms with van der Waals surface area (Å²) in [6.07, 6.45) is 1.37. The Bertz CT molecular complexity index is 1180. The first-order valence-corrected chi connectivity index (χ1v) is 13.4. The van der Waals surface area contributed by atoms with Crippen LogP contribution in [0.15, 0.2) is 48.5 Å². The molecule has 0 spiro atoms. The van der Waals surface area contributed by atoms with E-state index >= 15 is 0 Å². The fourth-order valence-electron chi connectivity index (χ4n) is 3.76. The fraction of sp³-hybridized carbons (Fsp3) is 0.423. The highest BCUT2D eigenvalue weighted by molar-refractivity contribution is 7.92. The lowest BCUT2D eigenvalue weighted by molar-refractivity contribution is -0.140. The number of Topliss-reactive ketones (excluding diaryl/α,β-unsaturated/α-hetero) is 1. The number of hydrogen-bond acceptors (Lipinski definition) is 5. The minimum Gasteiger partial charge on any atom is -0.352 e. The number of sulfonamides is 1. The number of carbonyl (C=O) groups excluding carboxylic acids is 3. The maximum absolute atomic E-state index is 13.7. The first-order chi connectivity index (χ1) is 16.3. The summed E-state index contributed by atoms with van der Waals surface area (Å²) in [6, 6.07) is 12.8. The van der Waals surface area contributed by atoms with Gasteiger partial charge < -0.3 is 10.2 Å². The molecule has 35 heavy (non-hydrogen) atoms. The summed E-state index contributed by atoms with van der Waals surface area (Å²) in [5.41, 5.74) is 2.37. The molecular weight excluding hydrogens is 466 g/mol. The predicted molar refractivity (Wildman–Crippen MR) is 138 cm³/mol. The van der Waals surface area contributed by atoms with Crippen molar-refractivity contribution in [3.8, 4) is 0 Å². The first-order valence-electron chi connectivity index (χ1n) is 11.6. The zero-order valence-corrected chi connectivity index (χ0v) is 22.1. The molecule has 2 aromatic rings. The second-order valence-electron chi connectivity index (χ2n) is 8.91. The molecule has 0 heterocycles. The molecule has 0 saturated heterocycles. The van der Waals surface area contributed by atoms with Crippen molar-refractivity contribution in [2.75, 3.05) is 17.1 Å². The summed E-state index contributed by atoms with van der Waals surface area (Å²) in [4.78, 5) is 40.0. The highest BCUT2D eigenvalue weighted by Crippen LogP contribution is 2.22. The van der Waals surface area contributed by atoms with Gasteiger partial charge in [0.2, 0.25) is 21.8 Å². The molecule has 0 saturated carbocycles. The van der Waals surface area contributed by atoms with Crippen LogP contribution in [0, 0.1) is 6.92 Å². The molecule has 2 amide bonds. The number of nitrogens with one attached hydrogen (secondary N) is 1. The standard InChI is InChI=1S/C26H35N3O5S/c1-7-24(26(32)27-18(2)3)28(16-22-12-9-8-11-19(22)4)25(31)17-29(35(6,33)34)23-14-10-13-21(15-23)20(5)30/h8-15,18,24H,7,16-17H2,1-6H3,(H,27,32)/t24-/m1/s1. The fourth-order valence-corrected chi connectivity index (χ4v) is 4.61. The molecule has 190 valence electrons. The van der Waals surface area contributed by atoms with Gasteiger partial charge in [-0.2, -0.15) is 0 Å². The molecule has 9 heteroatoms. The molecule has 1 N–H and O–H groups in total. The van der Waals surface area contributed by atoms with E-state index in [2.05, 4.69) is 5.32 Å². The van der Waals surface area contributed by atoms with Gasteiger partial charge in [0.05, 0.1) is 11.9 Å². The van der Waals surface area contributed by atoms with Crippen LogP contribution in [0.2, 0.25) is 0 Å². The third kappa shape index (κ3) is 7.65. The van der Waals surface area contributed by atoms with Gasteiger partial charge in [-0.05, 0) is 57.4 Å². The normalized spacial score (nSPS) is 12.2. The lowest BCUT2D eigenvalue weighted by Gasteiger charge is -2.33. The largest absolute Gasteiger partial charge is 0.352 e. The van der Waals surface area contributed by atoms with E-state index in [4.69, 9.17) is 0 Å². The van der Waals surface area contributed by atoms with Gasteiger partial charge in [0.15, 0.2) is 5.78 Å². The van der Waals surface area contributed by atoms with Crippen LogP contribution in [0.5, 0.6) is 0 Å². The van der Waals surface area contributed by atoms with Crippen molar-refractivity contribution < 1.29 is 22.8 Å². The number of rotatable bonds is 11. The number of ketones is 1. The van der Waals surface area contributed by atoms with E-state index in [-0.39, 0.29) is 30.0 Å². The highest BCUT2D eigenvalue weighted by Gasteiger charge is 2.32. The molecule has 0 aliphatic heterocycles. The molecule has 0 unspecified atom stereocenters. The Morgan fingerprint density at radius 3 is 2.23 bits per heavy atom. The number of carbonyl (C=O) groups is 3. The van der Waals surface area contributed by atoms with E-state index in [1.807, 2.05) is 52.0 Å². The Kier molecular flexibility index (Phi) is 9.59. The summed E-state index contributed by atoms with van der Waals surface area (Å²) in [5.74, 6) is -1.03. The van der Waals surface area contributed by atoms with E-state index in [1.54, 1.807) is 12.1 Å². The van der Waals surface area contributed by atoms with Crippen molar-refractivity contribution >= 4 is 33.3 Å². The second-order valence-corrected chi connectivity index (χ2v) is 10.8. The van der Waals surface area contributed by atoms with Crippen LogP contribution in [0.1, 0.15) is 55.6 Å². The maximum Gasteiger partial charge on any atom is 0.244 e. The summed E-state index contributed by atoms with van der Waals surface area (Å²) in [6.45, 7) is 8.45. The Hall–Kier alpha value is -3.20. The van der Waals surface area contributed by atoms with Gasteiger partial charge >= 0.3 is 0 Å². The van der Waals surface area contributed by atoms with Gasteiger partial charge in [0.25, 0.3) is 0 Å². The number of anilines is 1. The second kappa shape index (κ2) is 12.0. The quantitative estimate of drug-likeness (QED) is 0.476. The molecule has 0 aliphatic rings. The molecule has 0 aliphatic carbocycles. The zero-order chi connectivity index (χ0) is 26.3. The van der Waals surface area contributed by atoms with E-state index in [0.29, 0.717) is 12.0 Å². The minimum absolute atomic E-state index is 0.117. The van der Waals surface area contributed by atoms with Crippen molar-refractivity contribution in [1.29, 1.82) is 0 Å². The van der Waals surface area contributed by atoms with Crippen LogP contribution in [0.4, 0.5) is 5.69 Å². The Morgan fingerprint density at radius 1 is 1.03 bits per heavy atom. The highest BCUT2D eigenvalue weighted by atomic mass is 32.2. The molecule has 2 aromatic carbocycles. The predicted octanol–water partition coefficient (Wildman–Crippen LogP) is 3.30. The van der Waals surface area contributed by atoms with Gasteiger partial charge in [0.1, 0.15) is 12.6 Å². The molecule has 8 nitrogen and oxygen atoms in total. The van der Waals surface area contributed by atoms with Crippen molar-refractivity contribution in [2.45, 2.75) is 59.7 Å². The number of aryl methyl sites for hydroxylation is 1. The minimum atomic E-state index is -3.87. The van der Waals surface area contributed by atoms with E-state index in [1.165, 1.54) is 24.0 Å². The third-order valence-corrected chi connectivity index (χ3v) is 6.78. The van der Waals surface area contributed by atoms with E-state index in [9.17, 15) is 22.8 Å². The number of benzene rings is 2. The number of nitrogens with zero attached hydrogens (tertiary/aromatic N) is 2. The van der Waals surface area contributed by atoms with Crippen LogP contribution < -0.4 is 9.62 Å². The molecule has 0 bridgehead atoms. The monoisotopic (exact) mass is 501 g/mol. The van der Waals surface area contributed by atoms with Crippen LogP contribution in [0.25, 0.3) is 0 Å². The van der Waals surface area contributed by atoms with E-state index < -0.39 is 28.5 Å². The van der Waals surface area contributed by atoms with Gasteiger partial charge in [-0.1, -0.05) is 43.3 Å². The first kappa shape index (κ1) is 28.0. The lowest BCUT2D eigenvalue weighted by Crippen LogP contribution is -2.53. The van der Waals surface area contributed by atoms with Crippen molar-refractivity contribution in [3.05, 3.63) is 65.2 Å². The van der Waals surface area contributed by atoms with Crippen molar-refractivity contribution in [1.82, 2.24) is 10.2 Å². The summed E-state index contributed by atoms with van der Waals surface area (Å²) < 4.78 is 26.4. The average Bonchev–Trinajstić information content (AvgIpc) is 2.77. The Morgan fingerprint density at radius 2 is 1.69 bits per heavy atom. The number of hydrogen-bond donors (Lipinski definition) is 1. The van der Waals surface area contributed by atoms with Crippen molar-refractivity contribution in [2.24, 2.45) is 0 Å². The average molecular weight is 502 g/mol. The van der Waals surface area contributed by atoms with Crippen LogP contribution in [-0.2, 0) is 26.2 Å². The Labute approximate surface area is 208 Å². The summed E-state index contributed by atoms with van der Waals surface area (Å²) in [5, 5.41) is 2.86.